The van der Waals surface area contributed by atoms with Crippen LogP contribution in [0.5, 0.6) is 0 Å². The van der Waals surface area contributed by atoms with E-state index in [1.54, 1.807) is 19.2 Å². The number of fused-ring (bicyclic) bond motifs is 1. The van der Waals surface area contributed by atoms with Gasteiger partial charge in [0, 0.05) is 13.2 Å². The lowest BCUT2D eigenvalue weighted by Crippen LogP contribution is -2.35. The molecule has 2 rings (SSSR count). The minimum Gasteiger partial charge on any atom is -0.423 e. The third-order valence-corrected chi connectivity index (χ3v) is 2.54. The quantitative estimate of drug-likeness (QED) is 0.660. The predicted molar refractivity (Wildman–Crippen MR) is 70.2 cm³/mol. The van der Waals surface area contributed by atoms with Crippen LogP contribution in [-0.2, 0) is 4.74 Å². The number of methoxy groups -OCH3 is 1. The Balaban J connectivity index is 2.37. The van der Waals surface area contributed by atoms with E-state index in [0.717, 1.165) is 0 Å². The molecule has 0 fully saturated rings. The normalized spacial score (nSPS) is 11.7. The maximum atomic E-state index is 10.9. The molecule has 0 amide bonds. The number of nitrogens with zero attached hydrogens (tertiary/aromatic N) is 2. The zero-order valence-electron chi connectivity index (χ0n) is 11.0. The van der Waals surface area contributed by atoms with Crippen LogP contribution >= 0.6 is 0 Å². The summed E-state index contributed by atoms with van der Waals surface area (Å²) in [5, 5.41) is 13.9. The van der Waals surface area contributed by atoms with Gasteiger partial charge in [-0.05, 0) is 19.9 Å². The van der Waals surface area contributed by atoms with Gasteiger partial charge in [0.05, 0.1) is 17.1 Å². The highest BCUT2D eigenvalue weighted by atomic mass is 16.6. The molecular weight excluding hydrogens is 250 g/mol. The molecule has 19 heavy (non-hydrogen) atoms. The number of hydrogen-bond donors (Lipinski definition) is 1. The number of oxazole rings is 1. The number of hydrogen-bond acceptors (Lipinski definition) is 6. The van der Waals surface area contributed by atoms with Crippen molar-refractivity contribution in [2.75, 3.05) is 19.0 Å². The van der Waals surface area contributed by atoms with Crippen LogP contribution in [-0.4, -0.2) is 29.2 Å². The van der Waals surface area contributed by atoms with Crippen LogP contribution in [0, 0.1) is 10.1 Å². The fourth-order valence-corrected chi connectivity index (χ4v) is 1.82. The van der Waals surface area contributed by atoms with E-state index in [-0.39, 0.29) is 22.8 Å². The Labute approximate surface area is 109 Å². The number of nitro benzene ring substituents is 1. The van der Waals surface area contributed by atoms with Crippen LogP contribution in [0.3, 0.4) is 0 Å². The molecule has 1 aromatic heterocycles. The van der Waals surface area contributed by atoms with Crippen molar-refractivity contribution in [1.82, 2.24) is 4.98 Å². The molecule has 0 saturated carbocycles. The van der Waals surface area contributed by atoms with Crippen LogP contribution in [0.25, 0.3) is 11.1 Å². The number of rotatable bonds is 5. The van der Waals surface area contributed by atoms with Crippen molar-refractivity contribution in [2.45, 2.75) is 19.4 Å². The standard InChI is InChI=1S/C12H15N3O4/c1-12(2,7-18-3)14-11-13-10-8(15(16)17)5-4-6-9(10)19-11/h4-6H,7H2,1-3H3,(H,13,14). The molecule has 0 unspecified atom stereocenters. The molecule has 7 nitrogen and oxygen atoms in total. The Morgan fingerprint density at radius 3 is 2.89 bits per heavy atom. The number of non-ortho nitro benzene ring substituents is 1. The minimum absolute atomic E-state index is 0.0705. The van der Waals surface area contributed by atoms with Gasteiger partial charge in [-0.25, -0.2) is 0 Å². The zero-order valence-corrected chi connectivity index (χ0v) is 11.0. The van der Waals surface area contributed by atoms with Gasteiger partial charge in [0.1, 0.15) is 0 Å². The predicted octanol–water partition coefficient (Wildman–Crippen LogP) is 2.57. The summed E-state index contributed by atoms with van der Waals surface area (Å²) in [5.41, 5.74) is 0.164. The van der Waals surface area contributed by atoms with Crippen LogP contribution < -0.4 is 5.32 Å². The Bertz CT molecular complexity index is 606. The second kappa shape index (κ2) is 4.85. The molecule has 1 heterocycles. The van der Waals surface area contributed by atoms with Crippen molar-refractivity contribution in [1.29, 1.82) is 0 Å². The van der Waals surface area contributed by atoms with Gasteiger partial charge in [0.25, 0.3) is 11.7 Å². The summed E-state index contributed by atoms with van der Waals surface area (Å²) < 4.78 is 10.5. The molecule has 0 aliphatic rings. The van der Waals surface area contributed by atoms with E-state index in [1.807, 2.05) is 13.8 Å². The molecule has 0 atom stereocenters. The minimum atomic E-state index is -0.477. The number of ether oxygens (including phenoxy) is 1. The largest absolute Gasteiger partial charge is 0.423 e. The summed E-state index contributed by atoms with van der Waals surface area (Å²) in [6.45, 7) is 4.29. The van der Waals surface area contributed by atoms with Crippen molar-refractivity contribution in [3.05, 3.63) is 28.3 Å². The molecule has 102 valence electrons. The maximum Gasteiger partial charge on any atom is 0.298 e. The molecule has 1 N–H and O–H groups in total. The van der Waals surface area contributed by atoms with E-state index in [2.05, 4.69) is 10.3 Å². The smallest absolute Gasteiger partial charge is 0.298 e. The van der Waals surface area contributed by atoms with Crippen LogP contribution in [0.15, 0.2) is 22.6 Å². The van der Waals surface area contributed by atoms with Gasteiger partial charge in [0.15, 0.2) is 11.1 Å². The summed E-state index contributed by atoms with van der Waals surface area (Å²) in [7, 11) is 1.60. The molecule has 1 aromatic carbocycles. The number of benzene rings is 1. The highest BCUT2D eigenvalue weighted by molar-refractivity contribution is 5.84. The van der Waals surface area contributed by atoms with E-state index in [4.69, 9.17) is 9.15 Å². The fourth-order valence-electron chi connectivity index (χ4n) is 1.82. The molecule has 0 saturated heterocycles. The highest BCUT2D eigenvalue weighted by Crippen LogP contribution is 2.28. The number of para-hydroxylation sites is 1. The average Bonchev–Trinajstić information content (AvgIpc) is 2.68. The molecule has 0 aliphatic heterocycles. The number of nitro groups is 1. The topological polar surface area (TPSA) is 90.4 Å². The molecule has 0 spiro atoms. The van der Waals surface area contributed by atoms with Gasteiger partial charge in [0.2, 0.25) is 0 Å². The Morgan fingerprint density at radius 2 is 2.26 bits per heavy atom. The van der Waals surface area contributed by atoms with E-state index >= 15 is 0 Å². The molecule has 0 aliphatic carbocycles. The lowest BCUT2D eigenvalue weighted by Gasteiger charge is -2.23. The summed E-state index contributed by atoms with van der Waals surface area (Å²) in [5.74, 6) is 0. The summed E-state index contributed by atoms with van der Waals surface area (Å²) >= 11 is 0. The first-order valence-electron chi connectivity index (χ1n) is 5.74. The first-order chi connectivity index (χ1) is 8.93. The van der Waals surface area contributed by atoms with Gasteiger partial charge >= 0.3 is 0 Å². The van der Waals surface area contributed by atoms with Crippen molar-refractivity contribution in [3.8, 4) is 0 Å². The highest BCUT2D eigenvalue weighted by Gasteiger charge is 2.22. The number of nitrogens with one attached hydrogen (secondary N) is 1. The van der Waals surface area contributed by atoms with Crippen LogP contribution in [0.2, 0.25) is 0 Å². The van der Waals surface area contributed by atoms with Gasteiger partial charge in [-0.3, -0.25) is 10.1 Å². The molecule has 0 radical (unpaired) electrons. The fraction of sp³-hybridized carbons (Fsp3) is 0.417. The molecule has 0 bridgehead atoms. The zero-order chi connectivity index (χ0) is 14.0. The van der Waals surface area contributed by atoms with Gasteiger partial charge in [-0.2, -0.15) is 4.98 Å². The maximum absolute atomic E-state index is 10.9. The van der Waals surface area contributed by atoms with E-state index < -0.39 is 4.92 Å². The van der Waals surface area contributed by atoms with Gasteiger partial charge < -0.3 is 14.5 Å². The van der Waals surface area contributed by atoms with E-state index in [0.29, 0.717) is 12.2 Å². The number of anilines is 1. The summed E-state index contributed by atoms with van der Waals surface area (Å²) in [6.07, 6.45) is 0. The van der Waals surface area contributed by atoms with Gasteiger partial charge in [-0.15, -0.1) is 0 Å². The molecule has 2 aromatic rings. The SMILES string of the molecule is COCC(C)(C)Nc1nc2c([N+](=O)[O-])cccc2o1. The third-order valence-electron chi connectivity index (χ3n) is 2.54. The Hall–Kier alpha value is -2.15. The number of aromatic nitrogens is 1. The summed E-state index contributed by atoms with van der Waals surface area (Å²) in [6, 6.07) is 4.85. The first-order valence-corrected chi connectivity index (χ1v) is 5.74. The Morgan fingerprint density at radius 1 is 1.53 bits per heavy atom. The van der Waals surface area contributed by atoms with Crippen molar-refractivity contribution in [3.63, 3.8) is 0 Å². The monoisotopic (exact) mass is 265 g/mol. The lowest BCUT2D eigenvalue weighted by molar-refractivity contribution is -0.383. The lowest BCUT2D eigenvalue weighted by atomic mass is 10.1. The molecular formula is C12H15N3O4. The van der Waals surface area contributed by atoms with Crippen LogP contribution in [0.1, 0.15) is 13.8 Å². The second-order valence-electron chi connectivity index (χ2n) is 4.84. The Kier molecular flexibility index (Phi) is 3.39. The van der Waals surface area contributed by atoms with Gasteiger partial charge in [-0.1, -0.05) is 6.07 Å². The van der Waals surface area contributed by atoms with E-state index in [9.17, 15) is 10.1 Å². The average molecular weight is 265 g/mol. The van der Waals surface area contributed by atoms with E-state index in [1.165, 1.54) is 6.07 Å². The van der Waals surface area contributed by atoms with Crippen molar-refractivity contribution < 1.29 is 14.1 Å². The first kappa shape index (κ1) is 13.3. The molecule has 7 heteroatoms. The van der Waals surface area contributed by atoms with Crippen LogP contribution in [0.4, 0.5) is 11.7 Å². The van der Waals surface area contributed by atoms with Crippen molar-refractivity contribution >= 4 is 22.8 Å². The third kappa shape index (κ3) is 2.82. The van der Waals surface area contributed by atoms with Crippen molar-refractivity contribution in [2.24, 2.45) is 0 Å². The summed E-state index contributed by atoms with van der Waals surface area (Å²) in [4.78, 5) is 14.5. The second-order valence-corrected chi connectivity index (χ2v) is 4.84.